The van der Waals surface area contributed by atoms with Crippen molar-refractivity contribution in [2.45, 2.75) is 4.43 Å². The van der Waals surface area contributed by atoms with E-state index in [0.29, 0.717) is 0 Å². The van der Waals surface area contributed by atoms with E-state index >= 15 is 0 Å². The fraction of sp³-hybridized carbons (Fsp3) is 0.0323. The summed E-state index contributed by atoms with van der Waals surface area (Å²) in [6, 6.07) is 49.0. The molecular formula is C31H24GeO. The first kappa shape index (κ1) is 20.2. The standard InChI is InChI=1S/C31H24GeO/c33-31(29-22-12-10-20-27(29)28-21-11-13-23-30(28)31)32(24-14-4-1-5-15-24,25-16-6-2-7-17-25)26-18-8-3-9-19-26/h1-23,33H. The van der Waals surface area contributed by atoms with Crippen molar-refractivity contribution < 1.29 is 5.11 Å². The molecule has 0 amide bonds. The van der Waals surface area contributed by atoms with Crippen LogP contribution in [-0.2, 0) is 4.43 Å². The van der Waals surface area contributed by atoms with Gasteiger partial charge in [0.25, 0.3) is 0 Å². The normalized spacial score (nSPS) is 13.8. The number of rotatable bonds is 4. The molecule has 5 aromatic carbocycles. The Morgan fingerprint density at radius 1 is 0.394 bits per heavy atom. The average molecular weight is 485 g/mol. The molecule has 1 aliphatic carbocycles. The SMILES string of the molecule is O[C]1([Ge]([c]2ccccc2)([c]2ccccc2)[c]2ccccc2)c2ccccc2-c2ccccc21. The minimum absolute atomic E-state index is 1.02. The van der Waals surface area contributed by atoms with Crippen molar-refractivity contribution in [2.24, 2.45) is 0 Å². The zero-order valence-corrected chi connectivity index (χ0v) is 20.3. The summed E-state index contributed by atoms with van der Waals surface area (Å²) in [6.45, 7) is 0. The summed E-state index contributed by atoms with van der Waals surface area (Å²) in [5, 5.41) is 13.3. The van der Waals surface area contributed by atoms with Gasteiger partial charge in [-0.1, -0.05) is 0 Å². The Balaban J connectivity index is 1.84. The molecule has 0 spiro atoms. The van der Waals surface area contributed by atoms with Gasteiger partial charge in [-0.2, -0.15) is 0 Å². The van der Waals surface area contributed by atoms with E-state index in [9.17, 15) is 5.11 Å². The molecule has 0 unspecified atom stereocenters. The van der Waals surface area contributed by atoms with Crippen molar-refractivity contribution in [3.63, 3.8) is 0 Å². The topological polar surface area (TPSA) is 20.2 Å². The Bertz CT molecular complexity index is 1270. The number of hydrogen-bond donors (Lipinski definition) is 1. The van der Waals surface area contributed by atoms with Crippen LogP contribution in [-0.4, -0.2) is 18.4 Å². The molecule has 5 aromatic rings. The Kier molecular flexibility index (Phi) is 4.83. The summed E-state index contributed by atoms with van der Waals surface area (Å²) >= 11 is -3.83. The molecule has 2 heteroatoms. The summed E-state index contributed by atoms with van der Waals surface area (Å²) in [7, 11) is 0. The Morgan fingerprint density at radius 3 is 1.06 bits per heavy atom. The van der Waals surface area contributed by atoms with Crippen molar-refractivity contribution in [3.05, 3.63) is 151 Å². The molecule has 0 saturated carbocycles. The van der Waals surface area contributed by atoms with Gasteiger partial charge in [-0.05, 0) is 0 Å². The first-order chi connectivity index (χ1) is 16.3. The first-order valence-corrected chi connectivity index (χ1v) is 15.6. The zero-order valence-electron chi connectivity index (χ0n) is 18.2. The number of aliphatic hydroxyl groups is 1. The van der Waals surface area contributed by atoms with E-state index in [-0.39, 0.29) is 0 Å². The van der Waals surface area contributed by atoms with Gasteiger partial charge in [0.05, 0.1) is 0 Å². The van der Waals surface area contributed by atoms with Crippen LogP contribution in [0.25, 0.3) is 11.1 Å². The average Bonchev–Trinajstić information content (AvgIpc) is 3.16. The Labute approximate surface area is 197 Å². The Morgan fingerprint density at radius 2 is 0.697 bits per heavy atom. The second-order valence-electron chi connectivity index (χ2n) is 8.65. The summed E-state index contributed by atoms with van der Waals surface area (Å²) in [5.74, 6) is 0. The van der Waals surface area contributed by atoms with Crippen LogP contribution in [0.4, 0.5) is 0 Å². The van der Waals surface area contributed by atoms with E-state index in [1.807, 2.05) is 0 Å². The maximum absolute atomic E-state index is 13.3. The fourth-order valence-electron chi connectivity index (χ4n) is 5.81. The second-order valence-corrected chi connectivity index (χ2v) is 16.9. The van der Waals surface area contributed by atoms with Crippen LogP contribution < -0.4 is 13.2 Å². The maximum atomic E-state index is 13.3. The summed E-state index contributed by atoms with van der Waals surface area (Å²) in [4.78, 5) is 0. The molecule has 0 aliphatic heterocycles. The molecular weight excluding hydrogens is 461 g/mol. The van der Waals surface area contributed by atoms with E-state index in [0.717, 1.165) is 22.3 Å². The molecule has 33 heavy (non-hydrogen) atoms. The summed E-state index contributed by atoms with van der Waals surface area (Å²) in [6.07, 6.45) is 0. The van der Waals surface area contributed by atoms with Gasteiger partial charge in [0.2, 0.25) is 0 Å². The van der Waals surface area contributed by atoms with Gasteiger partial charge in [0.1, 0.15) is 0 Å². The monoisotopic (exact) mass is 486 g/mol. The second kappa shape index (κ2) is 7.88. The predicted octanol–water partition coefficient (Wildman–Crippen LogP) is 4.61. The molecule has 6 rings (SSSR count). The van der Waals surface area contributed by atoms with Crippen molar-refractivity contribution in [2.75, 3.05) is 0 Å². The predicted molar refractivity (Wildman–Crippen MR) is 139 cm³/mol. The van der Waals surface area contributed by atoms with Crippen molar-refractivity contribution >= 4 is 26.5 Å². The van der Waals surface area contributed by atoms with E-state index < -0.39 is 17.7 Å². The van der Waals surface area contributed by atoms with Gasteiger partial charge in [-0.3, -0.25) is 0 Å². The number of benzene rings is 5. The molecule has 0 aromatic heterocycles. The van der Waals surface area contributed by atoms with Gasteiger partial charge in [-0.25, -0.2) is 0 Å². The fourth-order valence-corrected chi connectivity index (χ4v) is 17.5. The Hall–Kier alpha value is -3.40. The molecule has 0 saturated heterocycles. The third kappa shape index (κ3) is 2.76. The summed E-state index contributed by atoms with van der Waals surface area (Å²) < 4.78 is 2.59. The van der Waals surface area contributed by atoms with Gasteiger partial charge in [0.15, 0.2) is 0 Å². The molecule has 158 valence electrons. The van der Waals surface area contributed by atoms with Crippen molar-refractivity contribution in [1.29, 1.82) is 0 Å². The molecule has 0 bridgehead atoms. The van der Waals surface area contributed by atoms with Gasteiger partial charge in [0, 0.05) is 0 Å². The molecule has 0 fully saturated rings. The molecule has 0 radical (unpaired) electrons. The van der Waals surface area contributed by atoms with E-state index in [1.165, 1.54) is 13.2 Å². The van der Waals surface area contributed by atoms with Crippen LogP contribution >= 0.6 is 0 Å². The number of hydrogen-bond acceptors (Lipinski definition) is 1. The van der Waals surface area contributed by atoms with Gasteiger partial charge >= 0.3 is 198 Å². The third-order valence-corrected chi connectivity index (χ3v) is 18.0. The number of fused-ring (bicyclic) bond motifs is 3. The van der Waals surface area contributed by atoms with E-state index in [2.05, 4.69) is 140 Å². The minimum atomic E-state index is -3.83. The van der Waals surface area contributed by atoms with Crippen LogP contribution in [0.1, 0.15) is 11.1 Å². The van der Waals surface area contributed by atoms with Crippen LogP contribution in [0.3, 0.4) is 0 Å². The van der Waals surface area contributed by atoms with Crippen LogP contribution in [0.2, 0.25) is 0 Å². The molecule has 0 heterocycles. The van der Waals surface area contributed by atoms with E-state index in [4.69, 9.17) is 0 Å². The van der Waals surface area contributed by atoms with Gasteiger partial charge in [-0.15, -0.1) is 0 Å². The first-order valence-electron chi connectivity index (χ1n) is 11.4. The van der Waals surface area contributed by atoms with Crippen molar-refractivity contribution in [3.8, 4) is 11.1 Å². The third-order valence-electron chi connectivity index (χ3n) is 7.09. The van der Waals surface area contributed by atoms with Crippen LogP contribution in [0.15, 0.2) is 140 Å². The summed E-state index contributed by atoms with van der Waals surface area (Å²) in [5.41, 5.74) is 4.30. The van der Waals surface area contributed by atoms with Crippen LogP contribution in [0.5, 0.6) is 0 Å². The van der Waals surface area contributed by atoms with Crippen LogP contribution in [0, 0.1) is 0 Å². The van der Waals surface area contributed by atoms with Gasteiger partial charge < -0.3 is 0 Å². The molecule has 1 aliphatic rings. The quantitative estimate of drug-likeness (QED) is 0.369. The zero-order chi connectivity index (χ0) is 22.3. The molecule has 0 atom stereocenters. The molecule has 1 nitrogen and oxygen atoms in total. The van der Waals surface area contributed by atoms with E-state index in [1.54, 1.807) is 0 Å². The molecule has 1 N–H and O–H groups in total. The van der Waals surface area contributed by atoms with Crippen molar-refractivity contribution in [1.82, 2.24) is 0 Å².